The van der Waals surface area contributed by atoms with Gasteiger partial charge < -0.3 is 5.32 Å². The highest BCUT2D eigenvalue weighted by Crippen LogP contribution is 2.37. The highest BCUT2D eigenvalue weighted by molar-refractivity contribution is 7.98. The van der Waals surface area contributed by atoms with Crippen LogP contribution in [0.3, 0.4) is 0 Å². The first-order chi connectivity index (χ1) is 7.74. The van der Waals surface area contributed by atoms with E-state index in [0.717, 1.165) is 29.8 Å². The summed E-state index contributed by atoms with van der Waals surface area (Å²) in [4.78, 5) is 0.742. The average molecular weight is 239 g/mol. The standard InChI is InChI=1S/C13H18FNS/c1-3-15-11-6-10(7-11)9-4-5-13(16-2)12(14)8-9/h4-5,8,10-11,15H,3,6-7H2,1-2H3. The van der Waals surface area contributed by atoms with Crippen molar-refractivity contribution in [3.8, 4) is 0 Å². The molecule has 0 saturated heterocycles. The topological polar surface area (TPSA) is 12.0 Å². The maximum absolute atomic E-state index is 13.6. The van der Waals surface area contributed by atoms with Crippen LogP contribution in [0.2, 0.25) is 0 Å². The number of nitrogens with one attached hydrogen (secondary N) is 1. The van der Waals surface area contributed by atoms with Crippen LogP contribution in [-0.4, -0.2) is 18.8 Å². The third-order valence-corrected chi connectivity index (χ3v) is 4.05. The van der Waals surface area contributed by atoms with Crippen molar-refractivity contribution in [3.63, 3.8) is 0 Å². The van der Waals surface area contributed by atoms with E-state index >= 15 is 0 Å². The molecule has 0 atom stereocenters. The second-order valence-electron chi connectivity index (χ2n) is 4.32. The minimum Gasteiger partial charge on any atom is -0.314 e. The smallest absolute Gasteiger partial charge is 0.137 e. The lowest BCUT2D eigenvalue weighted by molar-refractivity contribution is 0.295. The molecule has 1 aliphatic carbocycles. The first kappa shape index (κ1) is 11.9. The van der Waals surface area contributed by atoms with Gasteiger partial charge in [-0.15, -0.1) is 11.8 Å². The average Bonchev–Trinajstić information content (AvgIpc) is 2.22. The second kappa shape index (κ2) is 5.19. The normalized spacial score (nSPS) is 24.2. The first-order valence-corrected chi connectivity index (χ1v) is 7.04. The maximum atomic E-state index is 13.6. The Morgan fingerprint density at radius 3 is 2.75 bits per heavy atom. The quantitative estimate of drug-likeness (QED) is 0.808. The van der Waals surface area contributed by atoms with Crippen LogP contribution in [0.5, 0.6) is 0 Å². The van der Waals surface area contributed by atoms with Crippen molar-refractivity contribution in [2.24, 2.45) is 0 Å². The molecule has 0 heterocycles. The molecular weight excluding hydrogens is 221 g/mol. The lowest BCUT2D eigenvalue weighted by atomic mass is 9.76. The number of benzene rings is 1. The van der Waals surface area contributed by atoms with Crippen LogP contribution in [0.1, 0.15) is 31.2 Å². The number of hydrogen-bond donors (Lipinski definition) is 1. The molecule has 1 saturated carbocycles. The van der Waals surface area contributed by atoms with Gasteiger partial charge in [-0.1, -0.05) is 13.0 Å². The fourth-order valence-electron chi connectivity index (χ4n) is 2.28. The molecular formula is C13H18FNS. The Balaban J connectivity index is 1.99. The Morgan fingerprint density at radius 1 is 1.44 bits per heavy atom. The van der Waals surface area contributed by atoms with Crippen LogP contribution < -0.4 is 5.32 Å². The fourth-order valence-corrected chi connectivity index (χ4v) is 2.74. The number of halogens is 1. The van der Waals surface area contributed by atoms with Gasteiger partial charge in [0.05, 0.1) is 0 Å². The minimum atomic E-state index is -0.0723. The molecule has 2 rings (SSSR count). The number of hydrogen-bond acceptors (Lipinski definition) is 2. The Hall–Kier alpha value is -0.540. The van der Waals surface area contributed by atoms with Crippen molar-refractivity contribution in [2.75, 3.05) is 12.8 Å². The van der Waals surface area contributed by atoms with E-state index in [2.05, 4.69) is 18.3 Å². The summed E-state index contributed by atoms with van der Waals surface area (Å²) in [5.74, 6) is 0.478. The van der Waals surface area contributed by atoms with Gasteiger partial charge >= 0.3 is 0 Å². The van der Waals surface area contributed by atoms with Gasteiger partial charge in [0, 0.05) is 10.9 Å². The SMILES string of the molecule is CCNC1CC(c2ccc(SC)c(F)c2)C1. The summed E-state index contributed by atoms with van der Waals surface area (Å²) in [6.45, 7) is 3.15. The van der Waals surface area contributed by atoms with Gasteiger partial charge in [-0.05, 0) is 49.3 Å². The van der Waals surface area contributed by atoms with E-state index in [1.807, 2.05) is 12.3 Å². The molecule has 0 spiro atoms. The van der Waals surface area contributed by atoms with Crippen molar-refractivity contribution in [1.82, 2.24) is 5.32 Å². The molecule has 0 bridgehead atoms. The molecule has 1 fully saturated rings. The lowest BCUT2D eigenvalue weighted by Gasteiger charge is -2.36. The predicted molar refractivity (Wildman–Crippen MR) is 67.6 cm³/mol. The molecule has 0 radical (unpaired) electrons. The van der Waals surface area contributed by atoms with Crippen molar-refractivity contribution < 1.29 is 4.39 Å². The predicted octanol–water partition coefficient (Wildman–Crippen LogP) is 3.40. The summed E-state index contributed by atoms with van der Waals surface area (Å²) in [6.07, 6.45) is 4.19. The largest absolute Gasteiger partial charge is 0.314 e. The molecule has 16 heavy (non-hydrogen) atoms. The first-order valence-electron chi connectivity index (χ1n) is 5.81. The Kier molecular flexibility index (Phi) is 3.87. The van der Waals surface area contributed by atoms with E-state index in [-0.39, 0.29) is 5.82 Å². The summed E-state index contributed by atoms with van der Waals surface area (Å²) in [6, 6.07) is 6.31. The van der Waals surface area contributed by atoms with E-state index in [9.17, 15) is 4.39 Å². The van der Waals surface area contributed by atoms with Gasteiger partial charge in [0.1, 0.15) is 5.82 Å². The highest BCUT2D eigenvalue weighted by Gasteiger charge is 2.29. The molecule has 1 aromatic rings. The van der Waals surface area contributed by atoms with Gasteiger partial charge in [0.2, 0.25) is 0 Å². The molecule has 1 aromatic carbocycles. The molecule has 1 aliphatic rings. The summed E-state index contributed by atoms with van der Waals surface area (Å²) in [5, 5.41) is 3.42. The molecule has 88 valence electrons. The maximum Gasteiger partial charge on any atom is 0.137 e. The van der Waals surface area contributed by atoms with E-state index < -0.39 is 0 Å². The van der Waals surface area contributed by atoms with Crippen molar-refractivity contribution in [1.29, 1.82) is 0 Å². The van der Waals surface area contributed by atoms with Crippen LogP contribution in [-0.2, 0) is 0 Å². The van der Waals surface area contributed by atoms with Crippen LogP contribution in [0.4, 0.5) is 4.39 Å². The van der Waals surface area contributed by atoms with Gasteiger partial charge in [0.15, 0.2) is 0 Å². The third-order valence-electron chi connectivity index (χ3n) is 3.28. The summed E-state index contributed by atoms with van der Waals surface area (Å²) >= 11 is 1.46. The summed E-state index contributed by atoms with van der Waals surface area (Å²) < 4.78 is 13.6. The molecule has 0 amide bonds. The van der Waals surface area contributed by atoms with Crippen LogP contribution >= 0.6 is 11.8 Å². The van der Waals surface area contributed by atoms with Crippen molar-refractivity contribution in [2.45, 2.75) is 36.6 Å². The Labute approximate surface area is 101 Å². The third kappa shape index (κ3) is 2.41. The second-order valence-corrected chi connectivity index (χ2v) is 5.16. The molecule has 1 nitrogen and oxygen atoms in total. The zero-order valence-corrected chi connectivity index (χ0v) is 10.6. The highest BCUT2D eigenvalue weighted by atomic mass is 32.2. The number of thioether (sulfide) groups is 1. The van der Waals surface area contributed by atoms with Crippen LogP contribution in [0.25, 0.3) is 0 Å². The van der Waals surface area contributed by atoms with Crippen molar-refractivity contribution in [3.05, 3.63) is 29.6 Å². The zero-order valence-electron chi connectivity index (χ0n) is 9.79. The summed E-state index contributed by atoms with van der Waals surface area (Å²) in [7, 11) is 0. The molecule has 0 unspecified atom stereocenters. The minimum absolute atomic E-state index is 0.0723. The van der Waals surface area contributed by atoms with Gasteiger partial charge in [-0.3, -0.25) is 0 Å². The van der Waals surface area contributed by atoms with E-state index in [1.54, 1.807) is 6.07 Å². The molecule has 0 aliphatic heterocycles. The monoisotopic (exact) mass is 239 g/mol. The Morgan fingerprint density at radius 2 is 2.19 bits per heavy atom. The van der Waals surface area contributed by atoms with E-state index in [0.29, 0.717) is 12.0 Å². The Bertz CT molecular complexity index is 361. The lowest BCUT2D eigenvalue weighted by Crippen LogP contribution is -2.39. The van der Waals surface area contributed by atoms with Crippen LogP contribution in [0, 0.1) is 5.82 Å². The van der Waals surface area contributed by atoms with Gasteiger partial charge in [-0.2, -0.15) is 0 Å². The zero-order chi connectivity index (χ0) is 11.5. The van der Waals surface area contributed by atoms with E-state index in [1.165, 1.54) is 11.8 Å². The van der Waals surface area contributed by atoms with E-state index in [4.69, 9.17) is 0 Å². The molecule has 3 heteroatoms. The van der Waals surface area contributed by atoms with Crippen LogP contribution in [0.15, 0.2) is 23.1 Å². The van der Waals surface area contributed by atoms with Crippen molar-refractivity contribution >= 4 is 11.8 Å². The van der Waals surface area contributed by atoms with Gasteiger partial charge in [0.25, 0.3) is 0 Å². The molecule has 0 aromatic heterocycles. The summed E-state index contributed by atoms with van der Waals surface area (Å²) in [5.41, 5.74) is 1.16. The van der Waals surface area contributed by atoms with Gasteiger partial charge in [-0.25, -0.2) is 4.39 Å². The fraction of sp³-hybridized carbons (Fsp3) is 0.538. The molecule has 1 N–H and O–H groups in total. The number of rotatable bonds is 4.